The molecule has 0 fully saturated rings. The molecule has 0 saturated heterocycles. The Morgan fingerprint density at radius 1 is 1.16 bits per heavy atom. The molecule has 0 spiro atoms. The van der Waals surface area contributed by atoms with Crippen LogP contribution >= 0.6 is 22.9 Å². The van der Waals surface area contributed by atoms with E-state index in [1.54, 1.807) is 19.2 Å². The highest BCUT2D eigenvalue weighted by molar-refractivity contribution is 7.14. The number of rotatable bonds is 11. The lowest BCUT2D eigenvalue weighted by Gasteiger charge is -2.13. The highest BCUT2D eigenvalue weighted by Gasteiger charge is 2.17. The number of thiazole rings is 1. The molecule has 0 saturated carbocycles. The third-order valence-electron chi connectivity index (χ3n) is 4.81. The van der Waals surface area contributed by atoms with Gasteiger partial charge in [0.2, 0.25) is 0 Å². The van der Waals surface area contributed by atoms with Gasteiger partial charge in [-0.05, 0) is 30.5 Å². The smallest absolute Gasteiger partial charge is 0.257 e. The summed E-state index contributed by atoms with van der Waals surface area (Å²) in [5.74, 6) is 0.554. The highest BCUT2D eigenvalue weighted by Crippen LogP contribution is 2.37. The Hall–Kier alpha value is -2.61. The van der Waals surface area contributed by atoms with Crippen molar-refractivity contribution < 1.29 is 19.0 Å². The van der Waals surface area contributed by atoms with Gasteiger partial charge in [-0.1, -0.05) is 49.2 Å². The number of carbonyl (C=O) groups excluding carboxylic acids is 1. The number of methoxy groups -OCH3 is 2. The maximum absolute atomic E-state index is 12.8. The SMILES string of the molecule is CCCCOc1c(Cl)cc(C(=O)Nc2nc(-c3ccc(CCOC)cc3)cs2)cc1OC. The lowest BCUT2D eigenvalue weighted by atomic mass is 10.1. The third kappa shape index (κ3) is 6.22. The van der Waals surface area contributed by atoms with E-state index in [0.717, 1.165) is 30.5 Å². The van der Waals surface area contributed by atoms with Crippen molar-refractivity contribution in [1.29, 1.82) is 0 Å². The Morgan fingerprint density at radius 2 is 1.94 bits per heavy atom. The first-order valence-electron chi connectivity index (χ1n) is 10.4. The molecule has 8 heteroatoms. The average Bonchev–Trinajstić information content (AvgIpc) is 3.27. The number of halogens is 1. The van der Waals surface area contributed by atoms with E-state index in [2.05, 4.69) is 29.4 Å². The Bertz CT molecular complexity index is 1040. The molecular weight excluding hydrogens is 448 g/mol. The lowest BCUT2D eigenvalue weighted by molar-refractivity contribution is 0.102. The summed E-state index contributed by atoms with van der Waals surface area (Å²) in [5, 5.41) is 5.59. The second-order valence-electron chi connectivity index (χ2n) is 7.12. The van der Waals surface area contributed by atoms with Crippen LogP contribution < -0.4 is 14.8 Å². The van der Waals surface area contributed by atoms with Crippen LogP contribution in [0, 0.1) is 0 Å². The fourth-order valence-corrected chi connectivity index (χ4v) is 3.98. The van der Waals surface area contributed by atoms with Crippen LogP contribution in [0.2, 0.25) is 5.02 Å². The maximum Gasteiger partial charge on any atom is 0.257 e. The number of benzene rings is 2. The number of carbonyl (C=O) groups is 1. The van der Waals surface area contributed by atoms with Crippen molar-refractivity contribution in [3.05, 3.63) is 57.9 Å². The van der Waals surface area contributed by atoms with Gasteiger partial charge in [0.05, 0.1) is 31.0 Å². The van der Waals surface area contributed by atoms with Gasteiger partial charge >= 0.3 is 0 Å². The van der Waals surface area contributed by atoms with Crippen molar-refractivity contribution in [3.8, 4) is 22.8 Å². The standard InChI is InChI=1S/C24H27ClN2O4S/c1-4-5-11-31-22-19(25)13-18(14-21(22)30-3)23(28)27-24-26-20(15-32-24)17-8-6-16(7-9-17)10-12-29-2/h6-9,13-15H,4-5,10-12H2,1-3H3,(H,26,27,28). The van der Waals surface area contributed by atoms with Crippen LogP contribution in [-0.2, 0) is 11.2 Å². The zero-order valence-electron chi connectivity index (χ0n) is 18.4. The van der Waals surface area contributed by atoms with Crippen LogP contribution in [0.15, 0.2) is 41.8 Å². The Morgan fingerprint density at radius 3 is 2.62 bits per heavy atom. The van der Waals surface area contributed by atoms with Gasteiger partial charge < -0.3 is 14.2 Å². The quantitative estimate of drug-likeness (QED) is 0.340. The second kappa shape index (κ2) is 11.9. The van der Waals surface area contributed by atoms with Crippen LogP contribution in [-0.4, -0.2) is 38.3 Å². The largest absolute Gasteiger partial charge is 0.493 e. The van der Waals surface area contributed by atoms with Gasteiger partial charge in [0.15, 0.2) is 16.6 Å². The molecule has 0 unspecified atom stereocenters. The average molecular weight is 475 g/mol. The molecule has 3 rings (SSSR count). The topological polar surface area (TPSA) is 69.7 Å². The molecule has 1 N–H and O–H groups in total. The van der Waals surface area contributed by atoms with Gasteiger partial charge in [-0.2, -0.15) is 0 Å². The van der Waals surface area contributed by atoms with Crippen molar-refractivity contribution >= 4 is 34.0 Å². The molecule has 0 atom stereocenters. The molecule has 32 heavy (non-hydrogen) atoms. The summed E-state index contributed by atoms with van der Waals surface area (Å²) in [6.07, 6.45) is 2.78. The van der Waals surface area contributed by atoms with Crippen molar-refractivity contribution in [2.75, 3.05) is 32.8 Å². The summed E-state index contributed by atoms with van der Waals surface area (Å²) in [6, 6.07) is 11.4. The number of ether oxygens (including phenoxy) is 3. The molecule has 2 aromatic carbocycles. The van der Waals surface area contributed by atoms with Crippen molar-refractivity contribution in [3.63, 3.8) is 0 Å². The number of hydrogen-bond donors (Lipinski definition) is 1. The van der Waals surface area contributed by atoms with E-state index in [1.165, 1.54) is 24.0 Å². The number of amides is 1. The summed E-state index contributed by atoms with van der Waals surface area (Å²) < 4.78 is 16.2. The predicted octanol–water partition coefficient (Wildman–Crippen LogP) is 6.09. The van der Waals surface area contributed by atoms with Gasteiger partial charge in [-0.15, -0.1) is 11.3 Å². The first-order valence-corrected chi connectivity index (χ1v) is 11.7. The molecule has 6 nitrogen and oxygen atoms in total. The van der Waals surface area contributed by atoms with Crippen molar-refractivity contribution in [2.24, 2.45) is 0 Å². The van der Waals surface area contributed by atoms with Crippen molar-refractivity contribution in [2.45, 2.75) is 26.2 Å². The van der Waals surface area contributed by atoms with Crippen LogP contribution in [0.4, 0.5) is 5.13 Å². The second-order valence-corrected chi connectivity index (χ2v) is 8.39. The molecule has 0 aliphatic carbocycles. The number of anilines is 1. The third-order valence-corrected chi connectivity index (χ3v) is 5.84. The number of nitrogens with one attached hydrogen (secondary N) is 1. The van der Waals surface area contributed by atoms with Gasteiger partial charge in [0, 0.05) is 23.6 Å². The number of unbranched alkanes of at least 4 members (excludes halogenated alkanes) is 1. The number of nitrogens with zero attached hydrogens (tertiary/aromatic N) is 1. The summed E-state index contributed by atoms with van der Waals surface area (Å²) in [5.41, 5.74) is 3.36. The van der Waals surface area contributed by atoms with Crippen LogP contribution in [0.1, 0.15) is 35.7 Å². The van der Waals surface area contributed by atoms with Gasteiger partial charge in [-0.3, -0.25) is 10.1 Å². The molecule has 3 aromatic rings. The molecule has 0 radical (unpaired) electrons. The molecule has 0 bridgehead atoms. The summed E-state index contributed by atoms with van der Waals surface area (Å²) in [4.78, 5) is 17.3. The number of hydrogen-bond acceptors (Lipinski definition) is 6. The van der Waals surface area contributed by atoms with Gasteiger partial charge in [-0.25, -0.2) is 4.98 Å². The Kier molecular flexibility index (Phi) is 8.90. The maximum atomic E-state index is 12.8. The molecule has 170 valence electrons. The van der Waals surface area contributed by atoms with E-state index in [-0.39, 0.29) is 5.91 Å². The first kappa shape index (κ1) is 24.0. The lowest BCUT2D eigenvalue weighted by Crippen LogP contribution is -2.12. The van der Waals surface area contributed by atoms with E-state index >= 15 is 0 Å². The number of aromatic nitrogens is 1. The zero-order valence-corrected chi connectivity index (χ0v) is 20.0. The summed E-state index contributed by atoms with van der Waals surface area (Å²) >= 11 is 7.73. The van der Waals surface area contributed by atoms with Crippen LogP contribution in [0.5, 0.6) is 11.5 Å². The van der Waals surface area contributed by atoms with Gasteiger partial charge in [0.1, 0.15) is 0 Å². The Balaban J connectivity index is 1.70. The normalized spacial score (nSPS) is 10.8. The Labute approximate surface area is 197 Å². The molecule has 1 heterocycles. The monoisotopic (exact) mass is 474 g/mol. The minimum absolute atomic E-state index is 0.318. The minimum atomic E-state index is -0.318. The molecule has 1 amide bonds. The molecular formula is C24H27ClN2O4S. The minimum Gasteiger partial charge on any atom is -0.493 e. The molecule has 1 aromatic heterocycles. The predicted molar refractivity (Wildman–Crippen MR) is 129 cm³/mol. The van der Waals surface area contributed by atoms with Gasteiger partial charge in [0.25, 0.3) is 5.91 Å². The van der Waals surface area contributed by atoms with Crippen molar-refractivity contribution in [1.82, 2.24) is 4.98 Å². The van der Waals surface area contributed by atoms with E-state index in [0.29, 0.717) is 40.4 Å². The van der Waals surface area contributed by atoms with Crippen LogP contribution in [0.25, 0.3) is 11.3 Å². The summed E-state index contributed by atoms with van der Waals surface area (Å²) in [6.45, 7) is 3.30. The van der Waals surface area contributed by atoms with E-state index in [1.807, 2.05) is 17.5 Å². The first-order chi connectivity index (χ1) is 15.5. The molecule has 0 aliphatic heterocycles. The molecule has 0 aliphatic rings. The van der Waals surface area contributed by atoms with E-state index in [4.69, 9.17) is 25.8 Å². The fourth-order valence-electron chi connectivity index (χ4n) is 3.00. The van der Waals surface area contributed by atoms with E-state index < -0.39 is 0 Å². The van der Waals surface area contributed by atoms with Crippen LogP contribution in [0.3, 0.4) is 0 Å². The fraction of sp³-hybridized carbons (Fsp3) is 0.333. The highest BCUT2D eigenvalue weighted by atomic mass is 35.5. The van der Waals surface area contributed by atoms with E-state index in [9.17, 15) is 4.79 Å². The zero-order chi connectivity index (χ0) is 22.9. The summed E-state index contributed by atoms with van der Waals surface area (Å²) in [7, 11) is 3.22.